The van der Waals surface area contributed by atoms with Crippen molar-refractivity contribution in [2.75, 3.05) is 6.54 Å². The molecule has 2 fully saturated rings. The van der Waals surface area contributed by atoms with Crippen LogP contribution in [0.3, 0.4) is 0 Å². The van der Waals surface area contributed by atoms with Gasteiger partial charge in [0.2, 0.25) is 0 Å². The number of aliphatic hydroxyl groups is 1. The molecule has 0 radical (unpaired) electrons. The first-order chi connectivity index (χ1) is 17.9. The second-order valence-electron chi connectivity index (χ2n) is 11.1. The van der Waals surface area contributed by atoms with Crippen LogP contribution in [-0.2, 0) is 0 Å². The maximum Gasteiger partial charge on any atom is 0.251 e. The van der Waals surface area contributed by atoms with E-state index >= 15 is 0 Å². The van der Waals surface area contributed by atoms with Crippen LogP contribution in [0, 0.1) is 11.7 Å². The molecule has 7 heteroatoms. The van der Waals surface area contributed by atoms with Gasteiger partial charge in [-0.1, -0.05) is 6.92 Å². The van der Waals surface area contributed by atoms with Crippen molar-refractivity contribution in [3.8, 4) is 0 Å². The Bertz CT molecular complexity index is 1450. The van der Waals surface area contributed by atoms with E-state index in [1.54, 1.807) is 18.2 Å². The summed E-state index contributed by atoms with van der Waals surface area (Å²) in [6.07, 6.45) is 8.61. The van der Waals surface area contributed by atoms with Crippen molar-refractivity contribution in [2.45, 2.75) is 69.3 Å². The zero-order valence-corrected chi connectivity index (χ0v) is 21.1. The maximum absolute atomic E-state index is 13.9. The average Bonchev–Trinajstić information content (AvgIpc) is 3.33. The van der Waals surface area contributed by atoms with Crippen LogP contribution in [0.1, 0.15) is 85.5 Å². The van der Waals surface area contributed by atoms with Crippen LogP contribution in [0.15, 0.2) is 48.7 Å². The second-order valence-corrected chi connectivity index (χ2v) is 11.1. The van der Waals surface area contributed by atoms with Gasteiger partial charge in [0, 0.05) is 29.6 Å². The second kappa shape index (κ2) is 9.53. The third kappa shape index (κ3) is 4.73. The summed E-state index contributed by atoms with van der Waals surface area (Å²) in [5.74, 6) is 1.75. The Morgan fingerprint density at radius 1 is 1.14 bits per heavy atom. The number of aromatic nitrogens is 3. The van der Waals surface area contributed by atoms with E-state index in [4.69, 9.17) is 4.98 Å². The molecule has 4 aromatic rings. The molecular weight excluding hydrogens is 467 g/mol. The lowest BCUT2D eigenvalue weighted by Crippen LogP contribution is -2.47. The van der Waals surface area contributed by atoms with Gasteiger partial charge in [0.25, 0.3) is 5.91 Å². The topological polar surface area (TPSA) is 90.9 Å². The monoisotopic (exact) mass is 500 g/mol. The van der Waals surface area contributed by atoms with E-state index in [1.807, 2.05) is 18.3 Å². The molecule has 2 aromatic heterocycles. The highest BCUT2D eigenvalue weighted by Gasteiger charge is 2.34. The lowest BCUT2D eigenvalue weighted by Gasteiger charge is -2.36. The highest BCUT2D eigenvalue weighted by molar-refractivity contribution is 5.97. The lowest BCUT2D eigenvalue weighted by atomic mass is 9.73. The molecule has 0 aliphatic heterocycles. The number of aromatic amines is 1. The van der Waals surface area contributed by atoms with Crippen molar-refractivity contribution < 1.29 is 14.3 Å². The van der Waals surface area contributed by atoms with Crippen LogP contribution in [0.25, 0.3) is 21.9 Å². The molecule has 0 bridgehead atoms. The number of nitrogens with one attached hydrogen (secondary N) is 2. The first kappa shape index (κ1) is 24.0. The minimum absolute atomic E-state index is 0.173. The number of carbonyl (C=O) groups excluding carboxylic acids is 1. The summed E-state index contributed by atoms with van der Waals surface area (Å²) in [4.78, 5) is 25.4. The minimum Gasteiger partial charge on any atom is -0.388 e. The van der Waals surface area contributed by atoms with Crippen LogP contribution >= 0.6 is 0 Å². The fourth-order valence-electron chi connectivity index (χ4n) is 6.14. The quantitative estimate of drug-likeness (QED) is 0.304. The van der Waals surface area contributed by atoms with Gasteiger partial charge in [-0.25, -0.2) is 9.37 Å². The third-order valence-electron chi connectivity index (χ3n) is 8.71. The first-order valence-electron chi connectivity index (χ1n) is 13.4. The van der Waals surface area contributed by atoms with Crippen LogP contribution in [0.5, 0.6) is 0 Å². The van der Waals surface area contributed by atoms with E-state index in [2.05, 4.69) is 28.3 Å². The van der Waals surface area contributed by atoms with E-state index < -0.39 is 5.60 Å². The highest BCUT2D eigenvalue weighted by atomic mass is 19.1. The van der Waals surface area contributed by atoms with E-state index in [0.717, 1.165) is 72.7 Å². The van der Waals surface area contributed by atoms with Crippen LogP contribution in [0.4, 0.5) is 4.39 Å². The Kier molecular flexibility index (Phi) is 6.19. The molecule has 2 aliphatic rings. The summed E-state index contributed by atoms with van der Waals surface area (Å²) < 4.78 is 13.9. The Morgan fingerprint density at radius 3 is 2.68 bits per heavy atom. The van der Waals surface area contributed by atoms with E-state index in [9.17, 15) is 14.3 Å². The first-order valence-corrected chi connectivity index (χ1v) is 13.4. The summed E-state index contributed by atoms with van der Waals surface area (Å²) in [5.41, 5.74) is 3.60. The fraction of sp³-hybridized carbons (Fsp3) is 0.433. The largest absolute Gasteiger partial charge is 0.388 e. The summed E-state index contributed by atoms with van der Waals surface area (Å²) in [6.45, 7) is 2.52. The molecule has 1 unspecified atom stereocenters. The van der Waals surface area contributed by atoms with E-state index in [1.165, 1.54) is 11.6 Å². The molecule has 2 aliphatic carbocycles. The molecule has 37 heavy (non-hydrogen) atoms. The van der Waals surface area contributed by atoms with Gasteiger partial charge in [0.1, 0.15) is 11.6 Å². The number of halogens is 1. The van der Waals surface area contributed by atoms with Crippen molar-refractivity contribution in [3.05, 3.63) is 71.4 Å². The molecule has 3 N–H and O–H groups in total. The zero-order valence-electron chi connectivity index (χ0n) is 21.1. The molecule has 0 spiro atoms. The average molecular weight is 501 g/mol. The Balaban J connectivity index is 1.12. The number of carbonyl (C=O) groups is 1. The molecule has 192 valence electrons. The van der Waals surface area contributed by atoms with Gasteiger partial charge in [0.05, 0.1) is 22.2 Å². The van der Waals surface area contributed by atoms with Gasteiger partial charge in [-0.2, -0.15) is 0 Å². The number of hydrogen-bond acceptors (Lipinski definition) is 4. The standard InChI is InChI=1S/C30H33FN4O2/c1-18(19-3-5-20(6-4-19)23-11-14-32-25-10-8-22(31)16-24(23)25)28-34-26-9-7-21(15-27(26)35-28)29(36)33-17-30(37)12-2-13-30/h7-11,14-16,18-20,37H,2-6,12-13,17H2,1H3,(H,33,36)(H,34,35). The number of rotatable bonds is 6. The Morgan fingerprint density at radius 2 is 1.92 bits per heavy atom. The van der Waals surface area contributed by atoms with Crippen LogP contribution in [-0.4, -0.2) is 38.1 Å². The van der Waals surface area contributed by atoms with Gasteiger partial charge >= 0.3 is 0 Å². The van der Waals surface area contributed by atoms with Crippen molar-refractivity contribution in [1.82, 2.24) is 20.3 Å². The SMILES string of the molecule is CC(c1nc2ccc(C(=O)NCC3(O)CCC3)cc2[nH]1)C1CCC(c2ccnc3ccc(F)cc23)CC1. The minimum atomic E-state index is -0.740. The summed E-state index contributed by atoms with van der Waals surface area (Å²) in [6, 6.07) is 12.4. The predicted octanol–water partition coefficient (Wildman–Crippen LogP) is 5.97. The summed E-state index contributed by atoms with van der Waals surface area (Å²) in [7, 11) is 0. The van der Waals surface area contributed by atoms with Gasteiger partial charge in [-0.05, 0) is 105 Å². The number of hydrogen-bond donors (Lipinski definition) is 3. The van der Waals surface area contributed by atoms with Crippen molar-refractivity contribution in [1.29, 1.82) is 0 Å². The van der Waals surface area contributed by atoms with E-state index in [-0.39, 0.29) is 17.6 Å². The van der Waals surface area contributed by atoms with Crippen LogP contribution in [0.2, 0.25) is 0 Å². The fourth-order valence-corrected chi connectivity index (χ4v) is 6.14. The highest BCUT2D eigenvalue weighted by Crippen LogP contribution is 2.43. The Labute approximate surface area is 215 Å². The van der Waals surface area contributed by atoms with Crippen molar-refractivity contribution in [2.24, 2.45) is 5.92 Å². The predicted molar refractivity (Wildman–Crippen MR) is 142 cm³/mol. The molecule has 1 atom stereocenters. The molecule has 6 rings (SSSR count). The smallest absolute Gasteiger partial charge is 0.251 e. The van der Waals surface area contributed by atoms with E-state index in [0.29, 0.717) is 23.9 Å². The molecule has 6 nitrogen and oxygen atoms in total. The number of amides is 1. The van der Waals surface area contributed by atoms with Gasteiger partial charge in [-0.3, -0.25) is 9.78 Å². The number of H-pyrrole nitrogens is 1. The third-order valence-corrected chi connectivity index (χ3v) is 8.71. The van der Waals surface area contributed by atoms with Crippen LogP contribution < -0.4 is 5.32 Å². The number of benzene rings is 2. The zero-order chi connectivity index (χ0) is 25.6. The molecule has 2 saturated carbocycles. The number of nitrogens with zero attached hydrogens (tertiary/aromatic N) is 2. The van der Waals surface area contributed by atoms with Gasteiger partial charge in [-0.15, -0.1) is 0 Å². The number of pyridine rings is 1. The molecule has 1 amide bonds. The molecule has 2 aromatic carbocycles. The normalized spacial score (nSPS) is 22.0. The van der Waals surface area contributed by atoms with Crippen molar-refractivity contribution >= 4 is 27.8 Å². The Hall–Kier alpha value is -3.32. The number of fused-ring (bicyclic) bond motifs is 2. The summed E-state index contributed by atoms with van der Waals surface area (Å²) >= 11 is 0. The molecular formula is C30H33FN4O2. The van der Waals surface area contributed by atoms with Gasteiger partial charge in [0.15, 0.2) is 0 Å². The molecule has 2 heterocycles. The molecule has 0 saturated heterocycles. The van der Waals surface area contributed by atoms with Crippen molar-refractivity contribution in [3.63, 3.8) is 0 Å². The lowest BCUT2D eigenvalue weighted by molar-refractivity contribution is -0.0300. The maximum atomic E-state index is 13.9. The number of imidazole rings is 1. The van der Waals surface area contributed by atoms with Gasteiger partial charge < -0.3 is 15.4 Å². The summed E-state index contributed by atoms with van der Waals surface area (Å²) in [5, 5.41) is 14.1.